The van der Waals surface area contributed by atoms with Crippen LogP contribution in [0.15, 0.2) is 18.2 Å². The molecule has 0 radical (unpaired) electrons. The van der Waals surface area contributed by atoms with Gasteiger partial charge in [0, 0.05) is 35.6 Å². The summed E-state index contributed by atoms with van der Waals surface area (Å²) in [6.45, 7) is 3.59. The quantitative estimate of drug-likeness (QED) is 0.158. The number of ether oxygens (including phenoxy) is 3. The van der Waals surface area contributed by atoms with E-state index in [1.54, 1.807) is 13.8 Å². The van der Waals surface area contributed by atoms with Gasteiger partial charge in [0.15, 0.2) is 17.9 Å². The van der Waals surface area contributed by atoms with Gasteiger partial charge in [-0.05, 0) is 26.8 Å². The molecule has 2 aromatic rings. The Labute approximate surface area is 229 Å². The minimum absolute atomic E-state index is 0.0551. The lowest BCUT2D eigenvalue weighted by atomic mass is 9.72. The van der Waals surface area contributed by atoms with Crippen molar-refractivity contribution < 1.29 is 54.1 Å². The monoisotopic (exact) mass is 559 g/mol. The fourth-order valence-corrected chi connectivity index (χ4v) is 5.47. The highest BCUT2D eigenvalue weighted by Gasteiger charge is 2.49. The van der Waals surface area contributed by atoms with Gasteiger partial charge in [-0.25, -0.2) is 0 Å². The minimum atomic E-state index is -2.25. The number of methoxy groups -OCH3 is 1. The lowest BCUT2D eigenvalue weighted by molar-refractivity contribution is -0.212. The number of hydrogen-bond acceptors (Lipinski definition) is 12. The van der Waals surface area contributed by atoms with Gasteiger partial charge in [0.25, 0.3) is 0 Å². The van der Waals surface area contributed by atoms with Crippen molar-refractivity contribution in [3.63, 3.8) is 0 Å². The Bertz CT molecular complexity index is 1370. The predicted octanol–water partition coefficient (Wildman–Crippen LogP) is 0.637. The number of carbonyl (C=O) groups excluding carboxylic acids is 3. The first-order valence-corrected chi connectivity index (χ1v) is 12.8. The molecule has 0 fully saturated rings. The summed E-state index contributed by atoms with van der Waals surface area (Å²) in [6, 6.07) is 3.73. The van der Waals surface area contributed by atoms with E-state index in [1.165, 1.54) is 32.2 Å². The van der Waals surface area contributed by atoms with E-state index in [0.29, 0.717) is 0 Å². The van der Waals surface area contributed by atoms with E-state index < -0.39 is 95.7 Å². The second kappa shape index (κ2) is 10.9. The molecule has 0 bridgehead atoms. The van der Waals surface area contributed by atoms with Gasteiger partial charge < -0.3 is 45.5 Å². The van der Waals surface area contributed by atoms with Crippen LogP contribution in [0.3, 0.4) is 0 Å². The molecule has 0 heterocycles. The summed E-state index contributed by atoms with van der Waals surface area (Å²) in [5.74, 6) is -3.80. The molecule has 2 aromatic carbocycles. The molecule has 0 saturated heterocycles. The van der Waals surface area contributed by atoms with Crippen LogP contribution in [-0.4, -0.2) is 86.7 Å². The molecule has 6 atom stereocenters. The van der Waals surface area contributed by atoms with Gasteiger partial charge in [0.1, 0.15) is 29.5 Å². The van der Waals surface area contributed by atoms with E-state index in [1.807, 2.05) is 0 Å². The molecule has 216 valence electrons. The number of carbonyl (C=O) groups is 3. The number of aliphatic hydroxyl groups excluding tert-OH is 2. The van der Waals surface area contributed by atoms with Crippen molar-refractivity contribution in [1.82, 2.24) is 0 Å². The smallest absolute Gasteiger partial charge is 0.202 e. The summed E-state index contributed by atoms with van der Waals surface area (Å²) in [5, 5.41) is 53.7. The van der Waals surface area contributed by atoms with E-state index >= 15 is 0 Å². The van der Waals surface area contributed by atoms with Crippen LogP contribution in [0, 0.1) is 0 Å². The number of phenols is 2. The Kier molecular flexibility index (Phi) is 8.05. The molecular weight excluding hydrogens is 526 g/mol. The first kappa shape index (κ1) is 29.6. The number of fused-ring (bicyclic) bond motifs is 3. The number of hydrogen-bond donors (Lipinski definition) is 6. The third kappa shape index (κ3) is 4.76. The molecule has 2 aliphatic carbocycles. The maximum Gasteiger partial charge on any atom is 0.202 e. The number of aromatic hydroxyl groups is 2. The molecule has 12 heteroatoms. The van der Waals surface area contributed by atoms with Crippen LogP contribution >= 0.6 is 0 Å². The van der Waals surface area contributed by atoms with Gasteiger partial charge >= 0.3 is 0 Å². The van der Waals surface area contributed by atoms with Crippen LogP contribution in [0.4, 0.5) is 0 Å². The molecule has 0 spiro atoms. The molecular formula is C28H33NO11. The van der Waals surface area contributed by atoms with E-state index in [2.05, 4.69) is 0 Å². The van der Waals surface area contributed by atoms with Gasteiger partial charge in [-0.2, -0.15) is 0 Å². The fraction of sp³-hybridized carbons (Fsp3) is 0.464. The van der Waals surface area contributed by atoms with E-state index in [9.17, 15) is 39.9 Å². The van der Waals surface area contributed by atoms with Crippen molar-refractivity contribution in [3.8, 4) is 17.2 Å². The summed E-state index contributed by atoms with van der Waals surface area (Å²) in [7, 11) is 1.32. The molecule has 12 nitrogen and oxygen atoms in total. The van der Waals surface area contributed by atoms with Gasteiger partial charge in [-0.1, -0.05) is 12.1 Å². The summed E-state index contributed by atoms with van der Waals surface area (Å²) < 4.78 is 16.9. The Balaban J connectivity index is 1.87. The highest BCUT2D eigenvalue weighted by atomic mass is 16.7. The van der Waals surface area contributed by atoms with E-state index in [4.69, 9.17) is 19.9 Å². The lowest BCUT2D eigenvalue weighted by Gasteiger charge is -2.39. The second-order valence-corrected chi connectivity index (χ2v) is 10.3. The lowest BCUT2D eigenvalue weighted by Crippen LogP contribution is -2.48. The Morgan fingerprint density at radius 3 is 2.35 bits per heavy atom. The Morgan fingerprint density at radius 2 is 1.75 bits per heavy atom. The van der Waals surface area contributed by atoms with Crippen LogP contribution in [0.5, 0.6) is 17.2 Å². The van der Waals surface area contributed by atoms with Gasteiger partial charge in [-0.3, -0.25) is 14.4 Å². The Hall–Kier alpha value is -3.39. The molecule has 0 amide bonds. The normalized spacial score (nSPS) is 22.9. The van der Waals surface area contributed by atoms with Crippen molar-refractivity contribution in [2.75, 3.05) is 13.7 Å². The van der Waals surface area contributed by atoms with Gasteiger partial charge in [0.05, 0.1) is 42.1 Å². The first-order chi connectivity index (χ1) is 18.8. The van der Waals surface area contributed by atoms with Crippen molar-refractivity contribution in [3.05, 3.63) is 51.6 Å². The molecule has 4 rings (SSSR count). The minimum Gasteiger partial charge on any atom is -0.507 e. The number of rotatable bonds is 9. The largest absolute Gasteiger partial charge is 0.507 e. The van der Waals surface area contributed by atoms with Crippen molar-refractivity contribution in [2.24, 2.45) is 5.73 Å². The number of Topliss-reactive ketones (excluding diaryl/α,β-unsaturated/α-hetero) is 1. The molecule has 0 aliphatic heterocycles. The zero-order valence-corrected chi connectivity index (χ0v) is 22.5. The summed E-state index contributed by atoms with van der Waals surface area (Å²) in [4.78, 5) is 39.7. The highest BCUT2D eigenvalue weighted by Crippen LogP contribution is 2.52. The number of nitrogens with two attached hydrogens (primary N) is 1. The average Bonchev–Trinajstić information content (AvgIpc) is 2.91. The van der Waals surface area contributed by atoms with Gasteiger partial charge in [0.2, 0.25) is 5.78 Å². The molecule has 40 heavy (non-hydrogen) atoms. The van der Waals surface area contributed by atoms with Crippen LogP contribution in [0.25, 0.3) is 0 Å². The molecule has 7 N–H and O–H groups in total. The topological polar surface area (TPSA) is 206 Å². The van der Waals surface area contributed by atoms with Crippen LogP contribution in [0.2, 0.25) is 0 Å². The fourth-order valence-electron chi connectivity index (χ4n) is 5.47. The van der Waals surface area contributed by atoms with Crippen LogP contribution in [-0.2, 0) is 20.7 Å². The molecule has 0 saturated carbocycles. The number of ketones is 3. The summed E-state index contributed by atoms with van der Waals surface area (Å²) in [6.07, 6.45) is -5.37. The second-order valence-electron chi connectivity index (χ2n) is 10.3. The van der Waals surface area contributed by atoms with Crippen LogP contribution < -0.4 is 10.5 Å². The zero-order valence-electron chi connectivity index (χ0n) is 22.5. The maximum atomic E-state index is 13.6. The SMILES string of the molecule is COc1cccc2c1C(=O)c1c(O)c3c(c(O)c1C2=O)C[C@@](O)(C(=O)CO)C[C@@H]3OC(C)OC(C)C(O)C(C)N. The molecule has 4 unspecified atom stereocenters. The molecule has 2 aliphatic rings. The zero-order chi connectivity index (χ0) is 29.7. The Morgan fingerprint density at radius 1 is 1.10 bits per heavy atom. The van der Waals surface area contributed by atoms with Crippen molar-refractivity contribution in [2.45, 2.75) is 69.9 Å². The third-order valence-corrected chi connectivity index (χ3v) is 7.52. The van der Waals surface area contributed by atoms with E-state index in [-0.39, 0.29) is 28.0 Å². The van der Waals surface area contributed by atoms with Crippen LogP contribution in [0.1, 0.15) is 76.3 Å². The highest BCUT2D eigenvalue weighted by molar-refractivity contribution is 6.31. The van der Waals surface area contributed by atoms with Gasteiger partial charge in [-0.15, -0.1) is 0 Å². The van der Waals surface area contributed by atoms with E-state index in [0.717, 1.165) is 0 Å². The third-order valence-electron chi connectivity index (χ3n) is 7.52. The average molecular weight is 560 g/mol. The van der Waals surface area contributed by atoms with Crippen molar-refractivity contribution in [1.29, 1.82) is 0 Å². The number of benzene rings is 2. The first-order valence-electron chi connectivity index (χ1n) is 12.8. The maximum absolute atomic E-state index is 13.6. The number of aliphatic hydroxyl groups is 3. The molecule has 0 aromatic heterocycles. The standard InChI is InChI=1S/C28H33NO11/c1-11(29)23(32)12(2)39-13(3)40-17-9-28(37,18(31)10-30)8-15-20(17)27(36)22-21(25(15)34)24(33)14-6-5-7-16(38-4)19(14)26(22)35/h5-7,11-13,17,23,30,32,34,36-37H,8-10,29H2,1-4H3/t11?,12?,13?,17-,23?,28-/m0/s1. The summed E-state index contributed by atoms with van der Waals surface area (Å²) >= 11 is 0. The van der Waals surface area contributed by atoms with Crippen molar-refractivity contribution >= 4 is 17.3 Å². The predicted molar refractivity (Wildman–Crippen MR) is 138 cm³/mol. The summed E-state index contributed by atoms with van der Waals surface area (Å²) in [5.41, 5.74) is 2.06. The number of phenolic OH excluding ortho intramolecular Hbond substituents is 2.